The Labute approximate surface area is 328 Å². The van der Waals surface area contributed by atoms with Crippen molar-refractivity contribution >= 4 is 21.8 Å². The van der Waals surface area contributed by atoms with Crippen molar-refractivity contribution in [3.8, 4) is 56.4 Å². The number of ether oxygens (including phenoxy) is 1. The molecule has 0 atom stereocenters. The highest BCUT2D eigenvalue weighted by atomic mass is 16.5. The van der Waals surface area contributed by atoms with Crippen molar-refractivity contribution in [2.24, 2.45) is 0 Å². The average Bonchev–Trinajstić information content (AvgIpc) is 3.70. The Kier molecular flexibility index (Phi) is 8.66. The van der Waals surface area contributed by atoms with Crippen LogP contribution in [0.1, 0.15) is 43.3 Å². The second-order valence-corrected chi connectivity index (χ2v) is 15.7. The van der Waals surface area contributed by atoms with Crippen LogP contribution in [0.25, 0.3) is 66.7 Å². The molecule has 6 aromatic carbocycles. The van der Waals surface area contributed by atoms with Crippen LogP contribution in [0.4, 0.5) is 0 Å². The highest BCUT2D eigenvalue weighted by Gasteiger charge is 2.24. The van der Waals surface area contributed by atoms with Crippen LogP contribution in [-0.4, -0.2) is 19.3 Å². The smallest absolute Gasteiger partial charge is 0.137 e. The molecule has 0 amide bonds. The molecule has 56 heavy (non-hydrogen) atoms. The molecular weight excluding hydrogens is 685 g/mol. The van der Waals surface area contributed by atoms with Crippen LogP contribution in [0, 0.1) is 20.8 Å². The normalized spacial score (nSPS) is 11.8. The van der Waals surface area contributed by atoms with Crippen LogP contribution in [0.5, 0.6) is 11.5 Å². The minimum atomic E-state index is -0.138. The molecule has 0 fully saturated rings. The molecule has 9 aromatic rings. The number of hydrogen-bond donors (Lipinski definition) is 0. The largest absolute Gasteiger partial charge is 0.457 e. The third kappa shape index (κ3) is 6.25. The van der Waals surface area contributed by atoms with E-state index in [1.165, 1.54) is 33.2 Å². The summed E-state index contributed by atoms with van der Waals surface area (Å²) in [7, 11) is 0. The zero-order valence-electron chi connectivity index (χ0n) is 32.7. The molecule has 3 aromatic heterocycles. The standard InChI is InChI=1S/C51H44N4O/c1-33-26-27-52-48(28-33)54-46-23-14-13-20-44(46)45-25-24-40(32-47(45)54)56-41-30-38(51(4,5)6)29-39(31-41)55-35(3)49(34(2)53-55)50-42(36-16-9-7-10-17-36)21-15-22-43(50)37-18-11-8-12-19-37/h7-32H,1-6H3. The van der Waals surface area contributed by atoms with Gasteiger partial charge in [0, 0.05) is 45.9 Å². The van der Waals surface area contributed by atoms with E-state index >= 15 is 0 Å². The van der Waals surface area contributed by atoms with Crippen LogP contribution in [0.3, 0.4) is 0 Å². The van der Waals surface area contributed by atoms with E-state index in [1.807, 2.05) is 12.3 Å². The van der Waals surface area contributed by atoms with E-state index in [9.17, 15) is 0 Å². The van der Waals surface area contributed by atoms with Crippen LogP contribution in [0.15, 0.2) is 158 Å². The summed E-state index contributed by atoms with van der Waals surface area (Å²) in [4.78, 5) is 4.78. The first-order valence-electron chi connectivity index (χ1n) is 19.2. The fraction of sp³-hybridized carbons (Fsp3) is 0.137. The maximum Gasteiger partial charge on any atom is 0.137 e. The van der Waals surface area contributed by atoms with Crippen molar-refractivity contribution in [2.45, 2.75) is 47.0 Å². The summed E-state index contributed by atoms with van der Waals surface area (Å²) in [5, 5.41) is 7.60. The number of rotatable bonds is 7. The van der Waals surface area contributed by atoms with E-state index in [4.69, 9.17) is 14.8 Å². The number of nitrogens with zero attached hydrogens (tertiary/aromatic N) is 4. The van der Waals surface area contributed by atoms with Crippen molar-refractivity contribution in [3.63, 3.8) is 0 Å². The summed E-state index contributed by atoms with van der Waals surface area (Å²) < 4.78 is 11.2. The van der Waals surface area contributed by atoms with E-state index in [0.29, 0.717) is 0 Å². The van der Waals surface area contributed by atoms with Crippen LogP contribution >= 0.6 is 0 Å². The topological polar surface area (TPSA) is 44.9 Å². The number of para-hydroxylation sites is 1. The summed E-state index contributed by atoms with van der Waals surface area (Å²) in [6.07, 6.45) is 1.87. The Bertz CT molecular complexity index is 2840. The molecule has 274 valence electrons. The van der Waals surface area contributed by atoms with Gasteiger partial charge in [0.2, 0.25) is 0 Å². The second-order valence-electron chi connectivity index (χ2n) is 15.7. The van der Waals surface area contributed by atoms with Gasteiger partial charge >= 0.3 is 0 Å². The molecule has 0 saturated heterocycles. The average molecular weight is 729 g/mol. The van der Waals surface area contributed by atoms with E-state index in [1.54, 1.807) is 0 Å². The van der Waals surface area contributed by atoms with Gasteiger partial charge in [0.25, 0.3) is 0 Å². The molecular formula is C51H44N4O. The summed E-state index contributed by atoms with van der Waals surface area (Å²) in [5.41, 5.74) is 14.3. The van der Waals surface area contributed by atoms with E-state index in [2.05, 4.69) is 196 Å². The Morgan fingerprint density at radius 1 is 0.554 bits per heavy atom. The van der Waals surface area contributed by atoms with Gasteiger partial charge in [-0.3, -0.25) is 4.57 Å². The number of aromatic nitrogens is 4. The van der Waals surface area contributed by atoms with Crippen LogP contribution in [0.2, 0.25) is 0 Å². The van der Waals surface area contributed by atoms with Gasteiger partial charge in [-0.05, 0) is 102 Å². The molecule has 3 heterocycles. The molecule has 0 aliphatic rings. The molecule has 0 unspecified atom stereocenters. The Morgan fingerprint density at radius 3 is 1.89 bits per heavy atom. The highest BCUT2D eigenvalue weighted by Crippen LogP contribution is 2.44. The maximum absolute atomic E-state index is 6.84. The summed E-state index contributed by atoms with van der Waals surface area (Å²) >= 11 is 0. The molecule has 5 nitrogen and oxygen atoms in total. The van der Waals surface area contributed by atoms with Gasteiger partial charge in [0.05, 0.1) is 22.4 Å². The van der Waals surface area contributed by atoms with Crippen LogP contribution < -0.4 is 4.74 Å². The molecule has 0 radical (unpaired) electrons. The fourth-order valence-electron chi connectivity index (χ4n) is 8.03. The van der Waals surface area contributed by atoms with Crippen molar-refractivity contribution in [1.82, 2.24) is 19.3 Å². The zero-order valence-corrected chi connectivity index (χ0v) is 32.7. The lowest BCUT2D eigenvalue weighted by atomic mass is 9.86. The SMILES string of the molecule is Cc1ccnc(-n2c3ccccc3c3ccc(Oc4cc(-n5nc(C)c(-c6c(-c7ccccc7)cccc6-c6ccccc6)c5C)cc(C(C)(C)C)c4)cc32)c1. The lowest BCUT2D eigenvalue weighted by Crippen LogP contribution is -2.12. The van der Waals surface area contributed by atoms with Crippen molar-refractivity contribution in [2.75, 3.05) is 0 Å². The van der Waals surface area contributed by atoms with Gasteiger partial charge in [-0.15, -0.1) is 0 Å². The quantitative estimate of drug-likeness (QED) is 0.164. The number of hydrogen-bond acceptors (Lipinski definition) is 3. The Balaban J connectivity index is 1.19. The van der Waals surface area contributed by atoms with Gasteiger partial charge in [-0.25, -0.2) is 9.67 Å². The minimum Gasteiger partial charge on any atom is -0.457 e. The Morgan fingerprint density at radius 2 is 1.21 bits per heavy atom. The summed E-state index contributed by atoms with van der Waals surface area (Å²) in [5.74, 6) is 2.39. The monoisotopic (exact) mass is 728 g/mol. The molecule has 0 spiro atoms. The predicted molar refractivity (Wildman–Crippen MR) is 231 cm³/mol. The van der Waals surface area contributed by atoms with Gasteiger partial charge in [0.1, 0.15) is 17.3 Å². The third-order valence-electron chi connectivity index (χ3n) is 10.8. The first kappa shape index (κ1) is 35.0. The van der Waals surface area contributed by atoms with Gasteiger partial charge in [-0.2, -0.15) is 5.10 Å². The van der Waals surface area contributed by atoms with Crippen molar-refractivity contribution in [1.29, 1.82) is 0 Å². The lowest BCUT2D eigenvalue weighted by Gasteiger charge is -2.22. The highest BCUT2D eigenvalue weighted by molar-refractivity contribution is 6.09. The van der Waals surface area contributed by atoms with E-state index in [-0.39, 0.29) is 5.41 Å². The molecule has 0 saturated carbocycles. The number of pyridine rings is 1. The molecule has 0 bridgehead atoms. The van der Waals surface area contributed by atoms with Crippen LogP contribution in [-0.2, 0) is 5.41 Å². The Hall–Kier alpha value is -6.72. The molecule has 0 aliphatic heterocycles. The molecule has 9 rings (SSSR count). The second kappa shape index (κ2) is 13.8. The van der Waals surface area contributed by atoms with Gasteiger partial charge in [0.15, 0.2) is 0 Å². The lowest BCUT2D eigenvalue weighted by molar-refractivity contribution is 0.478. The fourth-order valence-corrected chi connectivity index (χ4v) is 8.03. The maximum atomic E-state index is 6.84. The first-order valence-corrected chi connectivity index (χ1v) is 19.2. The number of benzene rings is 6. The summed E-state index contributed by atoms with van der Waals surface area (Å²) in [6, 6.07) is 53.5. The van der Waals surface area contributed by atoms with Crippen molar-refractivity contribution < 1.29 is 4.74 Å². The van der Waals surface area contributed by atoms with E-state index < -0.39 is 0 Å². The third-order valence-corrected chi connectivity index (χ3v) is 10.8. The molecule has 5 heteroatoms. The van der Waals surface area contributed by atoms with E-state index in [0.717, 1.165) is 67.5 Å². The number of fused-ring (bicyclic) bond motifs is 3. The molecule has 0 aliphatic carbocycles. The predicted octanol–water partition coefficient (Wildman–Crippen LogP) is 13.4. The first-order chi connectivity index (χ1) is 27.1. The van der Waals surface area contributed by atoms with Crippen molar-refractivity contribution in [3.05, 3.63) is 180 Å². The zero-order chi connectivity index (χ0) is 38.6. The molecule has 0 N–H and O–H groups in total. The van der Waals surface area contributed by atoms with Gasteiger partial charge < -0.3 is 4.74 Å². The summed E-state index contributed by atoms with van der Waals surface area (Å²) in [6.45, 7) is 13.1. The van der Waals surface area contributed by atoms with Gasteiger partial charge in [-0.1, -0.05) is 118 Å². The minimum absolute atomic E-state index is 0.138. The number of aryl methyl sites for hydroxylation is 2.